The summed E-state index contributed by atoms with van der Waals surface area (Å²) in [5.41, 5.74) is 1.21. The summed E-state index contributed by atoms with van der Waals surface area (Å²) in [6.07, 6.45) is 7.02. The lowest BCUT2D eigenvalue weighted by molar-refractivity contribution is -0.123. The average molecular weight is 458 g/mol. The Labute approximate surface area is 189 Å². The maximum absolute atomic E-state index is 13.7. The van der Waals surface area contributed by atoms with Gasteiger partial charge in [-0.1, -0.05) is 11.6 Å². The molecular formula is C22H25ClFN7O. The number of piperidine rings is 1. The van der Waals surface area contributed by atoms with E-state index in [9.17, 15) is 9.18 Å². The second kappa shape index (κ2) is 8.54. The van der Waals surface area contributed by atoms with E-state index >= 15 is 0 Å². The number of halogens is 2. The Balaban J connectivity index is 1.30. The molecule has 1 saturated heterocycles. The Morgan fingerprint density at radius 1 is 1.25 bits per heavy atom. The van der Waals surface area contributed by atoms with Crippen LogP contribution in [0.2, 0.25) is 5.02 Å². The lowest BCUT2D eigenvalue weighted by Crippen LogP contribution is -2.54. The fourth-order valence-corrected chi connectivity index (χ4v) is 4.66. The molecule has 0 unspecified atom stereocenters. The van der Waals surface area contributed by atoms with E-state index in [1.54, 1.807) is 12.3 Å². The van der Waals surface area contributed by atoms with E-state index in [0.717, 1.165) is 36.9 Å². The number of nitrogens with one attached hydrogen (secondary N) is 3. The minimum Gasteiger partial charge on any atom is -0.373 e. The molecule has 1 saturated carbocycles. The lowest BCUT2D eigenvalue weighted by atomic mass is 9.98. The molecule has 0 spiro atoms. The molecule has 3 aromatic rings. The van der Waals surface area contributed by atoms with Gasteiger partial charge < -0.3 is 15.5 Å². The minimum atomic E-state index is -0.428. The maximum Gasteiger partial charge on any atom is 0.243 e. The van der Waals surface area contributed by atoms with Gasteiger partial charge in [0.15, 0.2) is 5.65 Å². The third-order valence-corrected chi connectivity index (χ3v) is 6.51. The molecule has 1 aliphatic heterocycles. The van der Waals surface area contributed by atoms with Gasteiger partial charge in [-0.15, -0.1) is 0 Å². The fraction of sp³-hybridized carbons (Fsp3) is 0.455. The van der Waals surface area contributed by atoms with E-state index < -0.39 is 11.9 Å². The summed E-state index contributed by atoms with van der Waals surface area (Å²) in [6, 6.07) is 4.10. The third-order valence-electron chi connectivity index (χ3n) is 6.29. The van der Waals surface area contributed by atoms with Crippen LogP contribution in [-0.4, -0.2) is 50.7 Å². The zero-order valence-electron chi connectivity index (χ0n) is 17.7. The summed E-state index contributed by atoms with van der Waals surface area (Å²) >= 11 is 5.98. The molecule has 3 atom stereocenters. The van der Waals surface area contributed by atoms with Crippen LogP contribution in [0.4, 0.5) is 15.9 Å². The van der Waals surface area contributed by atoms with Crippen LogP contribution in [0.5, 0.6) is 0 Å². The minimum absolute atomic E-state index is 0.0187. The number of aromatic nitrogens is 4. The zero-order chi connectivity index (χ0) is 22.2. The van der Waals surface area contributed by atoms with Crippen LogP contribution in [0, 0.1) is 11.7 Å². The predicted octanol–water partition coefficient (Wildman–Crippen LogP) is 3.51. The Morgan fingerprint density at radius 3 is 2.88 bits per heavy atom. The average Bonchev–Trinajstić information content (AvgIpc) is 3.48. The normalized spacial score (nSPS) is 22.0. The zero-order valence-corrected chi connectivity index (χ0v) is 18.4. The molecule has 8 nitrogen and oxygen atoms in total. The van der Waals surface area contributed by atoms with Gasteiger partial charge in [-0.2, -0.15) is 5.10 Å². The molecule has 168 valence electrons. The Bertz CT molecular complexity index is 1110. The Hall–Kier alpha value is -2.94. The molecular weight excluding hydrogens is 433 g/mol. The van der Waals surface area contributed by atoms with Gasteiger partial charge in [-0.25, -0.2) is 14.4 Å². The number of amides is 1. The summed E-state index contributed by atoms with van der Waals surface area (Å²) in [7, 11) is 0. The van der Waals surface area contributed by atoms with Crippen molar-refractivity contribution in [3.63, 3.8) is 0 Å². The first-order valence-corrected chi connectivity index (χ1v) is 11.3. The highest BCUT2D eigenvalue weighted by Gasteiger charge is 2.38. The number of anilines is 2. The molecule has 10 heteroatoms. The third kappa shape index (κ3) is 4.34. The predicted molar refractivity (Wildman–Crippen MR) is 121 cm³/mol. The number of H-pyrrole nitrogens is 1. The van der Waals surface area contributed by atoms with Crippen LogP contribution in [0.25, 0.3) is 11.0 Å². The number of hydrogen-bond acceptors (Lipinski definition) is 6. The summed E-state index contributed by atoms with van der Waals surface area (Å²) in [5, 5.41) is 14.5. The fourth-order valence-electron chi connectivity index (χ4n) is 4.44. The summed E-state index contributed by atoms with van der Waals surface area (Å²) in [4.78, 5) is 24.1. The van der Waals surface area contributed by atoms with Gasteiger partial charge in [-0.3, -0.25) is 9.89 Å². The van der Waals surface area contributed by atoms with Crippen molar-refractivity contribution < 1.29 is 9.18 Å². The first kappa shape index (κ1) is 20.9. The largest absolute Gasteiger partial charge is 0.373 e. The van der Waals surface area contributed by atoms with Gasteiger partial charge in [0.25, 0.3) is 0 Å². The topological polar surface area (TPSA) is 98.8 Å². The first-order chi connectivity index (χ1) is 15.5. The molecule has 3 heterocycles. The number of fused-ring (bicyclic) bond motifs is 1. The highest BCUT2D eigenvalue weighted by Crippen LogP contribution is 2.35. The number of carbonyl (C=O) groups is 1. The SMILES string of the molecule is C[C@H]1CC[C@@H](NC(=O)[C@H](Nc2cc(F)cc(Cl)c2)C2CC2)CN1c1ncnc2[nH]ncc12. The molecule has 2 fully saturated rings. The summed E-state index contributed by atoms with van der Waals surface area (Å²) in [6.45, 7) is 2.81. The second-order valence-corrected chi connectivity index (χ2v) is 9.17. The van der Waals surface area contributed by atoms with Crippen LogP contribution in [0.15, 0.2) is 30.7 Å². The van der Waals surface area contributed by atoms with Gasteiger partial charge in [0, 0.05) is 29.3 Å². The van der Waals surface area contributed by atoms with Crippen molar-refractivity contribution in [3.8, 4) is 0 Å². The number of benzene rings is 1. The van der Waals surface area contributed by atoms with Crippen molar-refractivity contribution in [2.24, 2.45) is 5.92 Å². The first-order valence-electron chi connectivity index (χ1n) is 10.9. The monoisotopic (exact) mass is 457 g/mol. The highest BCUT2D eigenvalue weighted by atomic mass is 35.5. The number of carbonyl (C=O) groups excluding carboxylic acids is 1. The van der Waals surface area contributed by atoms with Crippen molar-refractivity contribution in [1.29, 1.82) is 0 Å². The van der Waals surface area contributed by atoms with E-state index in [4.69, 9.17) is 11.6 Å². The van der Waals surface area contributed by atoms with Crippen molar-refractivity contribution in [3.05, 3.63) is 41.6 Å². The van der Waals surface area contributed by atoms with Crippen LogP contribution in [0.1, 0.15) is 32.6 Å². The smallest absolute Gasteiger partial charge is 0.243 e. The van der Waals surface area contributed by atoms with Crippen molar-refractivity contribution in [2.45, 2.75) is 50.7 Å². The molecule has 1 aromatic carbocycles. The quantitative estimate of drug-likeness (QED) is 0.524. The van der Waals surface area contributed by atoms with Crippen molar-refractivity contribution in [2.75, 3.05) is 16.8 Å². The van der Waals surface area contributed by atoms with Gasteiger partial charge in [-0.05, 0) is 56.7 Å². The number of aromatic amines is 1. The summed E-state index contributed by atoms with van der Waals surface area (Å²) in [5.74, 6) is 0.565. The Kier molecular flexibility index (Phi) is 5.58. The molecule has 0 bridgehead atoms. The molecule has 1 aliphatic carbocycles. The van der Waals surface area contributed by atoms with Gasteiger partial charge in [0.1, 0.15) is 24.0 Å². The number of hydrogen-bond donors (Lipinski definition) is 3. The van der Waals surface area contributed by atoms with E-state index in [1.807, 2.05) is 0 Å². The standard InChI is InChI=1S/C22H25ClFN7O/c1-12-2-5-16(10-31(12)21-18-9-27-30-20(18)25-11-26-21)29-22(32)19(13-3-4-13)28-17-7-14(23)6-15(24)8-17/h6-9,11-13,16,19,28H,2-5,10H2,1H3,(H,29,32)(H,25,26,27,30)/t12-,16+,19+/m0/s1. The molecule has 2 aliphatic rings. The van der Waals surface area contributed by atoms with Crippen molar-refractivity contribution >= 4 is 40.0 Å². The van der Waals surface area contributed by atoms with Crippen molar-refractivity contribution in [1.82, 2.24) is 25.5 Å². The van der Waals surface area contributed by atoms with Gasteiger partial charge in [0.2, 0.25) is 5.91 Å². The molecule has 0 radical (unpaired) electrons. The molecule has 3 N–H and O–H groups in total. The second-order valence-electron chi connectivity index (χ2n) is 8.73. The van der Waals surface area contributed by atoms with Crippen LogP contribution < -0.4 is 15.5 Å². The molecule has 5 rings (SSSR count). The van der Waals surface area contributed by atoms with Crippen LogP contribution in [-0.2, 0) is 4.79 Å². The van der Waals surface area contributed by atoms with E-state index in [0.29, 0.717) is 22.9 Å². The van der Waals surface area contributed by atoms with Crippen LogP contribution in [0.3, 0.4) is 0 Å². The van der Waals surface area contributed by atoms with E-state index in [1.165, 1.54) is 18.5 Å². The lowest BCUT2D eigenvalue weighted by Gasteiger charge is -2.39. The van der Waals surface area contributed by atoms with Gasteiger partial charge >= 0.3 is 0 Å². The highest BCUT2D eigenvalue weighted by molar-refractivity contribution is 6.30. The Morgan fingerprint density at radius 2 is 2.09 bits per heavy atom. The van der Waals surface area contributed by atoms with E-state index in [-0.39, 0.29) is 23.9 Å². The summed E-state index contributed by atoms with van der Waals surface area (Å²) < 4.78 is 13.7. The molecule has 32 heavy (non-hydrogen) atoms. The van der Waals surface area contributed by atoms with Crippen LogP contribution >= 0.6 is 11.6 Å². The number of rotatable bonds is 6. The van der Waals surface area contributed by atoms with E-state index in [2.05, 4.69) is 42.6 Å². The van der Waals surface area contributed by atoms with Gasteiger partial charge in [0.05, 0.1) is 11.6 Å². The molecule has 2 aromatic heterocycles. The maximum atomic E-state index is 13.7. The number of nitrogens with zero attached hydrogens (tertiary/aromatic N) is 4. The molecule has 1 amide bonds.